The molecule has 0 aliphatic carbocycles. The van der Waals surface area contributed by atoms with E-state index in [0.717, 1.165) is 178 Å². The van der Waals surface area contributed by atoms with Gasteiger partial charge in [-0.05, 0) is 308 Å². The Kier molecular flexibility index (Phi) is 54.0. The predicted molar refractivity (Wildman–Crippen MR) is 573 cm³/mol. The zero-order valence-electron chi connectivity index (χ0n) is 90.3. The van der Waals surface area contributed by atoms with Crippen molar-refractivity contribution >= 4 is 24.1 Å². The van der Waals surface area contributed by atoms with Gasteiger partial charge in [-0.1, -0.05) is 239 Å². The van der Waals surface area contributed by atoms with Gasteiger partial charge < -0.3 is 63.1 Å². The lowest BCUT2D eigenvalue weighted by molar-refractivity contribution is -0.143. The summed E-state index contributed by atoms with van der Waals surface area (Å²) in [6.07, 6.45) is 10.7. The SMILES string of the molecule is CC(C)c1ccc(CN2CCC[C@@H]2C(=O)O)cc1.CC(C)c1ccc(CN2CCC[C@@H]2C(=O)O)cc1.CC(C)c1ccc(OCC2CCN(C(=O)OC(C)(C)C)CC2)cc1.CC(C)c1ccc(OCCCCNC(=O)OC(C)(C)C)cc1.CC(C)c1ccc(OCCN2CCCCC2)cc1.CC(C)c1ccc(OCCN2CCOCC2)cc1.COc1ccc(C(C)C)cc1F.COc1ccccc1C(C)C. The van der Waals surface area contributed by atoms with Gasteiger partial charge in [0.1, 0.15) is 65.2 Å². The van der Waals surface area contributed by atoms with Crippen LogP contribution in [0.3, 0.4) is 0 Å². The summed E-state index contributed by atoms with van der Waals surface area (Å²) in [4.78, 5) is 56.5. The highest BCUT2D eigenvalue weighted by Gasteiger charge is 2.33. The molecule has 3 N–H and O–H groups in total. The number of hydrogen-bond acceptors (Lipinski definition) is 17. The maximum Gasteiger partial charge on any atom is 0.410 e. The molecule has 5 heterocycles. The number of carbonyl (C=O) groups is 4. The van der Waals surface area contributed by atoms with Crippen LogP contribution in [0.1, 0.15) is 326 Å². The Labute approximate surface area is 848 Å². The van der Waals surface area contributed by atoms with Crippen molar-refractivity contribution in [3.63, 3.8) is 0 Å². The summed E-state index contributed by atoms with van der Waals surface area (Å²) in [5.74, 6) is 8.11. The molecule has 8 aromatic rings. The maximum absolute atomic E-state index is 13.1. The second-order valence-corrected chi connectivity index (χ2v) is 41.8. The van der Waals surface area contributed by atoms with Crippen LogP contribution in [-0.4, -0.2) is 208 Å². The Hall–Kier alpha value is -10.2. The number of piperidine rings is 2. The number of likely N-dealkylation sites (tertiary alicyclic amines) is 4. The molecule has 0 bridgehead atoms. The number of amides is 2. The number of morpholine rings is 1. The smallest absolute Gasteiger partial charge is 0.410 e. The minimum absolute atomic E-state index is 0.203. The van der Waals surface area contributed by atoms with Gasteiger partial charge in [0.2, 0.25) is 0 Å². The zero-order chi connectivity index (χ0) is 104. The molecule has 5 aliphatic rings. The van der Waals surface area contributed by atoms with E-state index in [0.29, 0.717) is 78.8 Å². The molecule has 2 atom stereocenters. The summed E-state index contributed by atoms with van der Waals surface area (Å²) in [6.45, 7) is 62.5. The van der Waals surface area contributed by atoms with Crippen LogP contribution >= 0.6 is 0 Å². The molecule has 5 saturated heterocycles. The van der Waals surface area contributed by atoms with E-state index in [1.165, 1.54) is 95.6 Å². The molecule has 141 heavy (non-hydrogen) atoms. The van der Waals surface area contributed by atoms with E-state index < -0.39 is 23.1 Å². The number of rotatable bonds is 33. The van der Waals surface area contributed by atoms with Crippen molar-refractivity contribution in [2.75, 3.05) is 126 Å². The van der Waals surface area contributed by atoms with Crippen molar-refractivity contribution in [2.24, 2.45) is 5.92 Å². The number of halogens is 1. The lowest BCUT2D eigenvalue weighted by atomic mass is 9.98. The molecule has 780 valence electrons. The summed E-state index contributed by atoms with van der Waals surface area (Å²) >= 11 is 0. The highest BCUT2D eigenvalue weighted by Crippen LogP contribution is 2.31. The number of carboxylic acid groups (broad SMARTS) is 2. The zero-order valence-corrected chi connectivity index (χ0v) is 90.3. The number of nitrogens with one attached hydrogen (secondary N) is 1. The number of hydrogen-bond donors (Lipinski definition) is 3. The molecule has 0 radical (unpaired) electrons. The van der Waals surface area contributed by atoms with Crippen LogP contribution in [0.15, 0.2) is 188 Å². The van der Waals surface area contributed by atoms with Crippen molar-refractivity contribution in [1.82, 2.24) is 29.8 Å². The molecule has 8 aromatic carbocycles. The third kappa shape index (κ3) is 47.2. The van der Waals surface area contributed by atoms with Crippen molar-refractivity contribution < 1.29 is 76.4 Å². The minimum atomic E-state index is -0.689. The van der Waals surface area contributed by atoms with Gasteiger partial charge in [0, 0.05) is 58.9 Å². The third-order valence-corrected chi connectivity index (χ3v) is 25.3. The van der Waals surface area contributed by atoms with E-state index >= 15 is 0 Å². The minimum Gasteiger partial charge on any atom is -0.496 e. The molecule has 5 aliphatic heterocycles. The fourth-order valence-corrected chi connectivity index (χ4v) is 16.4. The van der Waals surface area contributed by atoms with Gasteiger partial charge in [-0.2, -0.15) is 0 Å². The van der Waals surface area contributed by atoms with Crippen molar-refractivity contribution in [2.45, 2.75) is 307 Å². The first-order valence-electron chi connectivity index (χ1n) is 52.0. The van der Waals surface area contributed by atoms with E-state index in [1.54, 1.807) is 18.1 Å². The Morgan fingerprint density at radius 3 is 1.13 bits per heavy atom. The lowest BCUT2D eigenvalue weighted by Crippen LogP contribution is -2.42. The van der Waals surface area contributed by atoms with E-state index in [1.807, 2.05) is 104 Å². The van der Waals surface area contributed by atoms with Gasteiger partial charge in [-0.15, -0.1) is 0 Å². The summed E-state index contributed by atoms with van der Waals surface area (Å²) in [7, 11) is 3.18. The predicted octanol–water partition coefficient (Wildman–Crippen LogP) is 27.0. The van der Waals surface area contributed by atoms with Crippen LogP contribution in [0.2, 0.25) is 0 Å². The molecule has 2 amide bonds. The van der Waals surface area contributed by atoms with E-state index in [4.69, 9.17) is 52.8 Å². The second kappa shape index (κ2) is 63.7. The number of unbranched alkanes of at least 4 members (excludes halogenated alkanes) is 1. The number of methoxy groups -OCH3 is 2. The van der Waals surface area contributed by atoms with E-state index in [9.17, 15) is 23.6 Å². The summed E-state index contributed by atoms with van der Waals surface area (Å²) in [5.41, 5.74) is 11.8. The molecule has 22 heteroatoms. The largest absolute Gasteiger partial charge is 0.496 e. The Balaban J connectivity index is 0.000000249. The van der Waals surface area contributed by atoms with Crippen LogP contribution < -0.4 is 33.7 Å². The van der Waals surface area contributed by atoms with Crippen LogP contribution in [0, 0.1) is 11.7 Å². The first-order valence-corrected chi connectivity index (χ1v) is 52.0. The molecular formula is C119H177FN6O15. The molecule has 0 saturated carbocycles. The van der Waals surface area contributed by atoms with Gasteiger partial charge >= 0.3 is 24.1 Å². The van der Waals surface area contributed by atoms with Crippen LogP contribution in [0.4, 0.5) is 14.0 Å². The van der Waals surface area contributed by atoms with Gasteiger partial charge in [0.15, 0.2) is 11.6 Å². The third-order valence-electron chi connectivity index (χ3n) is 25.3. The first-order chi connectivity index (χ1) is 67.1. The van der Waals surface area contributed by atoms with Gasteiger partial charge in [-0.25, -0.2) is 14.0 Å². The Morgan fingerprint density at radius 1 is 0.397 bits per heavy atom. The average Bonchev–Trinajstić information content (AvgIpc) is 1.72. The number of nitrogens with zero attached hydrogens (tertiary/aromatic N) is 5. The number of ether oxygens (including phenoxy) is 9. The number of carbonyl (C=O) groups excluding carboxylic acids is 2. The second-order valence-electron chi connectivity index (χ2n) is 41.8. The van der Waals surface area contributed by atoms with E-state index in [2.05, 4.69) is 249 Å². The van der Waals surface area contributed by atoms with E-state index in [-0.39, 0.29) is 30.1 Å². The average molecular weight is 1950 g/mol. The number of aliphatic carboxylic acids is 2. The van der Waals surface area contributed by atoms with Crippen LogP contribution in [0.5, 0.6) is 34.5 Å². The molecule has 13 rings (SSSR count). The standard InChI is InChI=1S/C20H31NO3.C18H29NO3.C16H25NO.C15H23NO2.2C15H21NO2.C10H13FO.C10H14O/c1-15(2)17-6-8-18(9-7-17)23-14-16-10-12-21(13-11-16)19(22)24-20(3,4)5;1-14(2)15-8-10-16(11-9-15)21-13-7-6-12-19-17(20)22-18(3,4)5;1-14(2)15-6-8-16(9-7-15)18-13-12-17-10-4-3-5-11-17;1-13(2)14-3-5-15(6-4-14)18-12-9-16-7-10-17-11-8-16;2*1-11(2)13-7-5-12(6-8-13)10-16-9-3-4-14(16)15(17)18;1-7(2)8-4-5-10(12-3)9(11)6-8;1-8(2)9-6-4-5-7-10(9)11-3/h6-9,15-16H,10-14H2,1-5H3;8-11,14H,6-7,12-13H2,1-5H3,(H,19,20);6-9,14H,3-5,10-13H2,1-2H3;3-6,13H,7-12H2,1-2H3;2*5-8,11,14H,3-4,9-10H2,1-2H3,(H,17,18);4-7H,1-3H3;4-8H,1-3H3/t;;;;2*14-;;/m....11../s1. The summed E-state index contributed by atoms with van der Waals surface area (Å²) < 4.78 is 62.2. The molecular weight excluding hydrogens is 1770 g/mol. The lowest BCUT2D eigenvalue weighted by Gasteiger charge is -2.33. The normalized spacial score (nSPS) is 15.8. The van der Waals surface area contributed by atoms with Crippen molar-refractivity contribution in [3.05, 3.63) is 250 Å². The first kappa shape index (κ1) is 119. The fraction of sp³-hybridized carbons (Fsp3) is 0.563. The molecule has 0 spiro atoms. The maximum atomic E-state index is 13.1. The molecule has 0 unspecified atom stereocenters. The Bertz CT molecular complexity index is 4610. The fourth-order valence-electron chi connectivity index (χ4n) is 16.4. The Morgan fingerprint density at radius 2 is 0.766 bits per heavy atom. The van der Waals surface area contributed by atoms with Crippen molar-refractivity contribution in [3.8, 4) is 34.5 Å². The van der Waals surface area contributed by atoms with Gasteiger partial charge in [-0.3, -0.25) is 29.2 Å². The quantitative estimate of drug-likeness (QED) is 0.0326. The van der Waals surface area contributed by atoms with Crippen molar-refractivity contribution in [1.29, 1.82) is 0 Å². The highest BCUT2D eigenvalue weighted by molar-refractivity contribution is 5.74. The molecule has 5 fully saturated rings. The van der Waals surface area contributed by atoms with Gasteiger partial charge in [0.05, 0.1) is 40.6 Å². The number of benzene rings is 8. The molecule has 21 nitrogen and oxygen atoms in total. The highest BCUT2D eigenvalue weighted by atomic mass is 19.1. The number of alkyl carbamates (subject to hydrolysis) is 1. The van der Waals surface area contributed by atoms with Gasteiger partial charge in [0.25, 0.3) is 0 Å². The number of carboxylic acids is 2. The number of para-hydroxylation sites is 1. The van der Waals surface area contributed by atoms with Crippen LogP contribution in [0.25, 0.3) is 0 Å². The summed E-state index contributed by atoms with van der Waals surface area (Å²) in [6, 6.07) is 63.1. The topological polar surface area (TPSA) is 220 Å². The molecule has 0 aromatic heterocycles. The monoisotopic (exact) mass is 1950 g/mol. The summed E-state index contributed by atoms with van der Waals surface area (Å²) in [5, 5.41) is 21.0. The van der Waals surface area contributed by atoms with Crippen LogP contribution in [-0.2, 0) is 36.9 Å².